The van der Waals surface area contributed by atoms with Crippen LogP contribution in [0, 0.1) is 11.6 Å². The van der Waals surface area contributed by atoms with Gasteiger partial charge in [0.25, 0.3) is 0 Å². The van der Waals surface area contributed by atoms with Gasteiger partial charge in [0.05, 0.1) is 7.11 Å². The highest BCUT2D eigenvalue weighted by molar-refractivity contribution is 5.27. The van der Waals surface area contributed by atoms with Crippen LogP contribution in [0.4, 0.5) is 8.78 Å². The van der Waals surface area contributed by atoms with E-state index in [0.29, 0.717) is 13.0 Å². The van der Waals surface area contributed by atoms with Crippen molar-refractivity contribution in [3.05, 3.63) is 65.2 Å². The summed E-state index contributed by atoms with van der Waals surface area (Å²) >= 11 is 0. The van der Waals surface area contributed by atoms with E-state index in [-0.39, 0.29) is 11.6 Å². The first-order valence-corrected chi connectivity index (χ1v) is 6.89. The quantitative estimate of drug-likeness (QED) is 0.876. The summed E-state index contributed by atoms with van der Waals surface area (Å²) < 4.78 is 32.2. The topological polar surface area (TPSA) is 21.3 Å². The molecular weight excluding hydrogens is 272 g/mol. The fraction of sp³-hybridized carbons (Fsp3) is 0.294. The normalized spacial score (nSPS) is 12.2. The highest BCUT2D eigenvalue weighted by Gasteiger charge is 2.12. The van der Waals surface area contributed by atoms with Crippen LogP contribution in [0.5, 0.6) is 5.75 Å². The maximum absolute atomic E-state index is 13.6. The third kappa shape index (κ3) is 4.26. The summed E-state index contributed by atoms with van der Waals surface area (Å²) in [5.74, 6) is -0.179. The molecule has 0 radical (unpaired) electrons. The monoisotopic (exact) mass is 291 g/mol. The average molecular weight is 291 g/mol. The van der Waals surface area contributed by atoms with Crippen molar-refractivity contribution in [3.8, 4) is 5.75 Å². The Hall–Kier alpha value is -1.94. The van der Waals surface area contributed by atoms with E-state index in [2.05, 4.69) is 5.32 Å². The van der Waals surface area contributed by atoms with Crippen LogP contribution in [0.25, 0.3) is 0 Å². The molecule has 2 aromatic rings. The number of benzene rings is 2. The summed E-state index contributed by atoms with van der Waals surface area (Å²) in [4.78, 5) is 0. The van der Waals surface area contributed by atoms with E-state index in [0.717, 1.165) is 11.3 Å². The van der Waals surface area contributed by atoms with E-state index in [9.17, 15) is 8.78 Å². The molecule has 0 fully saturated rings. The fourth-order valence-corrected chi connectivity index (χ4v) is 2.14. The van der Waals surface area contributed by atoms with Gasteiger partial charge in [-0.2, -0.15) is 0 Å². The molecule has 0 aliphatic carbocycles. The van der Waals surface area contributed by atoms with Gasteiger partial charge in [-0.05, 0) is 43.2 Å². The molecule has 0 aliphatic rings. The summed E-state index contributed by atoms with van der Waals surface area (Å²) in [5, 5.41) is 3.27. The Morgan fingerprint density at radius 1 is 1.05 bits per heavy atom. The van der Waals surface area contributed by atoms with Crippen molar-refractivity contribution in [2.45, 2.75) is 25.9 Å². The number of halogens is 2. The third-order valence-corrected chi connectivity index (χ3v) is 3.39. The zero-order valence-electron chi connectivity index (χ0n) is 12.2. The maximum atomic E-state index is 13.6. The molecule has 0 aliphatic heterocycles. The number of hydrogen-bond donors (Lipinski definition) is 1. The zero-order valence-corrected chi connectivity index (χ0v) is 12.2. The molecule has 2 nitrogen and oxygen atoms in total. The number of methoxy groups -OCH3 is 1. The van der Waals surface area contributed by atoms with Crippen molar-refractivity contribution < 1.29 is 13.5 Å². The van der Waals surface area contributed by atoms with Gasteiger partial charge in [-0.3, -0.25) is 0 Å². The van der Waals surface area contributed by atoms with Crippen LogP contribution in [-0.4, -0.2) is 13.2 Å². The van der Waals surface area contributed by atoms with Gasteiger partial charge in [-0.25, -0.2) is 8.78 Å². The van der Waals surface area contributed by atoms with Crippen molar-refractivity contribution in [2.24, 2.45) is 0 Å². The van der Waals surface area contributed by atoms with E-state index in [1.807, 2.05) is 31.2 Å². The summed E-state index contributed by atoms with van der Waals surface area (Å²) in [6.45, 7) is 2.55. The SMILES string of the molecule is COc1ccc(CNC(C)Cc2c(F)cccc2F)cc1. The lowest BCUT2D eigenvalue weighted by molar-refractivity contribution is 0.414. The van der Waals surface area contributed by atoms with Crippen molar-refractivity contribution in [3.63, 3.8) is 0 Å². The van der Waals surface area contributed by atoms with Crippen LogP contribution < -0.4 is 10.1 Å². The first-order valence-electron chi connectivity index (χ1n) is 6.89. The first kappa shape index (κ1) is 15.4. The molecular formula is C17H19F2NO. The van der Waals surface area contributed by atoms with E-state index in [1.165, 1.54) is 18.2 Å². The molecule has 0 spiro atoms. The molecule has 0 bridgehead atoms. The van der Waals surface area contributed by atoms with Gasteiger partial charge in [0.1, 0.15) is 17.4 Å². The van der Waals surface area contributed by atoms with E-state index < -0.39 is 11.6 Å². The number of hydrogen-bond acceptors (Lipinski definition) is 2. The van der Waals surface area contributed by atoms with Crippen LogP contribution in [-0.2, 0) is 13.0 Å². The second kappa shape index (κ2) is 7.18. The van der Waals surface area contributed by atoms with Crippen molar-refractivity contribution in [2.75, 3.05) is 7.11 Å². The second-order valence-corrected chi connectivity index (χ2v) is 5.03. The molecule has 2 rings (SSSR count). The Bertz CT molecular complexity index is 564. The summed E-state index contributed by atoms with van der Waals surface area (Å²) in [6.07, 6.45) is 0.314. The van der Waals surface area contributed by atoms with Crippen LogP contribution in [0.2, 0.25) is 0 Å². The molecule has 21 heavy (non-hydrogen) atoms. The fourth-order valence-electron chi connectivity index (χ4n) is 2.14. The molecule has 0 saturated carbocycles. The largest absolute Gasteiger partial charge is 0.497 e. The highest BCUT2D eigenvalue weighted by atomic mass is 19.1. The van der Waals surface area contributed by atoms with Crippen LogP contribution in [0.1, 0.15) is 18.1 Å². The minimum Gasteiger partial charge on any atom is -0.497 e. The lowest BCUT2D eigenvalue weighted by Crippen LogP contribution is -2.28. The number of nitrogens with one attached hydrogen (secondary N) is 1. The Balaban J connectivity index is 1.91. The Kier molecular flexibility index (Phi) is 5.28. The minimum atomic E-state index is -0.493. The summed E-state index contributed by atoms with van der Waals surface area (Å²) in [7, 11) is 1.62. The third-order valence-electron chi connectivity index (χ3n) is 3.39. The minimum absolute atomic E-state index is 0.0292. The second-order valence-electron chi connectivity index (χ2n) is 5.03. The molecule has 2 aromatic carbocycles. The Morgan fingerprint density at radius 3 is 2.24 bits per heavy atom. The molecule has 4 heteroatoms. The molecule has 1 unspecified atom stereocenters. The summed E-state index contributed by atoms with van der Waals surface area (Å²) in [6, 6.07) is 11.6. The first-order chi connectivity index (χ1) is 10.1. The number of ether oxygens (including phenoxy) is 1. The van der Waals surface area contributed by atoms with Crippen LogP contribution in [0.3, 0.4) is 0 Å². The van der Waals surface area contributed by atoms with E-state index in [1.54, 1.807) is 7.11 Å². The lowest BCUT2D eigenvalue weighted by atomic mass is 10.1. The molecule has 112 valence electrons. The van der Waals surface area contributed by atoms with Gasteiger partial charge in [-0.1, -0.05) is 18.2 Å². The van der Waals surface area contributed by atoms with Crippen molar-refractivity contribution >= 4 is 0 Å². The summed E-state index contributed by atoms with van der Waals surface area (Å²) in [5.41, 5.74) is 1.23. The van der Waals surface area contributed by atoms with Crippen molar-refractivity contribution in [1.29, 1.82) is 0 Å². The highest BCUT2D eigenvalue weighted by Crippen LogP contribution is 2.15. The average Bonchev–Trinajstić information content (AvgIpc) is 2.49. The van der Waals surface area contributed by atoms with Gasteiger partial charge in [0.2, 0.25) is 0 Å². The molecule has 1 N–H and O–H groups in total. The molecule has 0 heterocycles. The lowest BCUT2D eigenvalue weighted by Gasteiger charge is -2.15. The van der Waals surface area contributed by atoms with Crippen molar-refractivity contribution in [1.82, 2.24) is 5.32 Å². The predicted molar refractivity (Wildman–Crippen MR) is 79.4 cm³/mol. The molecule has 0 aromatic heterocycles. The Morgan fingerprint density at radius 2 is 1.67 bits per heavy atom. The van der Waals surface area contributed by atoms with E-state index >= 15 is 0 Å². The number of rotatable bonds is 6. The molecule has 0 amide bonds. The van der Waals surface area contributed by atoms with Gasteiger partial charge in [0, 0.05) is 18.2 Å². The molecule has 0 saturated heterocycles. The zero-order chi connectivity index (χ0) is 15.2. The van der Waals surface area contributed by atoms with Crippen LogP contribution in [0.15, 0.2) is 42.5 Å². The van der Waals surface area contributed by atoms with Gasteiger partial charge < -0.3 is 10.1 Å². The standard InChI is InChI=1S/C17H19F2NO/c1-12(10-15-16(18)4-3-5-17(15)19)20-11-13-6-8-14(21-2)9-7-13/h3-9,12,20H,10-11H2,1-2H3. The smallest absolute Gasteiger partial charge is 0.129 e. The van der Waals surface area contributed by atoms with Gasteiger partial charge in [0.15, 0.2) is 0 Å². The Labute approximate surface area is 123 Å². The van der Waals surface area contributed by atoms with Gasteiger partial charge in [-0.15, -0.1) is 0 Å². The predicted octanol–water partition coefficient (Wildman–Crippen LogP) is 3.69. The van der Waals surface area contributed by atoms with E-state index in [4.69, 9.17) is 4.74 Å². The maximum Gasteiger partial charge on any atom is 0.129 e. The van der Waals surface area contributed by atoms with Crippen LogP contribution >= 0.6 is 0 Å². The molecule has 1 atom stereocenters. The van der Waals surface area contributed by atoms with Gasteiger partial charge >= 0.3 is 0 Å².